The molecule has 160 valence electrons. The van der Waals surface area contributed by atoms with Crippen LogP contribution in [0.3, 0.4) is 0 Å². The third kappa shape index (κ3) is 9.68. The van der Waals surface area contributed by atoms with E-state index in [1.54, 1.807) is 12.1 Å². The van der Waals surface area contributed by atoms with Gasteiger partial charge in [0.05, 0.1) is 6.42 Å². The van der Waals surface area contributed by atoms with Crippen molar-refractivity contribution in [2.45, 2.75) is 25.9 Å². The highest BCUT2D eigenvalue weighted by Crippen LogP contribution is 2.03. The number of nitrogens with one attached hydrogen (secondary N) is 3. The fourth-order valence-electron chi connectivity index (χ4n) is 2.56. The van der Waals surface area contributed by atoms with Crippen LogP contribution in [0.25, 0.3) is 0 Å². The zero-order valence-electron chi connectivity index (χ0n) is 16.7. The van der Waals surface area contributed by atoms with Crippen LogP contribution in [0.2, 0.25) is 0 Å². The standard InChI is InChI=1S/C22H26FN3O4/c23-19-10-8-17(9-11-19)15-21(28)25-14-13-24-20(27)7-4-12-26-22(29)30-16-18-5-2-1-3-6-18/h1-3,5-6,8-11H,4,7,12-16H2,(H,24,27)(H,25,28)(H,26,29). The highest BCUT2D eigenvalue weighted by atomic mass is 19.1. The average Bonchev–Trinajstić information content (AvgIpc) is 2.75. The molecule has 30 heavy (non-hydrogen) atoms. The lowest BCUT2D eigenvalue weighted by Crippen LogP contribution is -2.35. The van der Waals surface area contributed by atoms with Gasteiger partial charge in [0, 0.05) is 26.1 Å². The Labute approximate surface area is 175 Å². The fourth-order valence-corrected chi connectivity index (χ4v) is 2.56. The van der Waals surface area contributed by atoms with Crippen molar-refractivity contribution in [3.63, 3.8) is 0 Å². The van der Waals surface area contributed by atoms with Crippen molar-refractivity contribution in [2.24, 2.45) is 0 Å². The second kappa shape index (κ2) is 12.9. The number of alkyl carbamates (subject to hydrolysis) is 1. The largest absolute Gasteiger partial charge is 0.445 e. The normalized spacial score (nSPS) is 10.2. The quantitative estimate of drug-likeness (QED) is 0.491. The van der Waals surface area contributed by atoms with Crippen molar-refractivity contribution in [3.8, 4) is 0 Å². The van der Waals surface area contributed by atoms with E-state index in [9.17, 15) is 18.8 Å². The van der Waals surface area contributed by atoms with E-state index < -0.39 is 6.09 Å². The number of rotatable bonds is 11. The number of hydrogen-bond donors (Lipinski definition) is 3. The molecule has 0 radical (unpaired) electrons. The van der Waals surface area contributed by atoms with E-state index in [-0.39, 0.29) is 37.1 Å². The first-order valence-corrected chi connectivity index (χ1v) is 9.75. The molecule has 0 aliphatic carbocycles. The Kier molecular flexibility index (Phi) is 9.85. The topological polar surface area (TPSA) is 96.5 Å². The predicted octanol–water partition coefficient (Wildman–Crippen LogP) is 2.31. The second-order valence-electron chi connectivity index (χ2n) is 6.60. The van der Waals surface area contributed by atoms with Gasteiger partial charge in [-0.1, -0.05) is 42.5 Å². The average molecular weight is 415 g/mol. The Hall–Kier alpha value is -3.42. The molecule has 0 fully saturated rings. The van der Waals surface area contributed by atoms with Crippen LogP contribution in [0.1, 0.15) is 24.0 Å². The van der Waals surface area contributed by atoms with E-state index in [1.807, 2.05) is 30.3 Å². The van der Waals surface area contributed by atoms with E-state index in [0.29, 0.717) is 31.6 Å². The monoisotopic (exact) mass is 415 g/mol. The SMILES string of the molecule is O=C(CCCNC(=O)OCc1ccccc1)NCCNC(=O)Cc1ccc(F)cc1. The van der Waals surface area contributed by atoms with E-state index in [0.717, 1.165) is 5.56 Å². The molecule has 0 bridgehead atoms. The highest BCUT2D eigenvalue weighted by Gasteiger charge is 2.06. The van der Waals surface area contributed by atoms with Gasteiger partial charge in [-0.3, -0.25) is 9.59 Å². The second-order valence-corrected chi connectivity index (χ2v) is 6.60. The Balaban J connectivity index is 1.46. The maximum Gasteiger partial charge on any atom is 0.407 e. The summed E-state index contributed by atoms with van der Waals surface area (Å²) in [4.78, 5) is 35.1. The zero-order valence-corrected chi connectivity index (χ0v) is 16.7. The number of benzene rings is 2. The molecule has 7 nitrogen and oxygen atoms in total. The molecule has 2 aromatic rings. The number of carbonyl (C=O) groups is 3. The van der Waals surface area contributed by atoms with Crippen molar-refractivity contribution >= 4 is 17.9 Å². The lowest BCUT2D eigenvalue weighted by molar-refractivity contribution is -0.122. The van der Waals surface area contributed by atoms with Gasteiger partial charge in [0.15, 0.2) is 0 Å². The Morgan fingerprint density at radius 2 is 1.43 bits per heavy atom. The molecular formula is C22H26FN3O4. The minimum atomic E-state index is -0.525. The Bertz CT molecular complexity index is 813. The summed E-state index contributed by atoms with van der Waals surface area (Å²) in [6.07, 6.45) is 0.356. The minimum absolute atomic E-state index is 0.153. The van der Waals surface area contributed by atoms with Gasteiger partial charge in [-0.2, -0.15) is 0 Å². The first-order valence-electron chi connectivity index (χ1n) is 9.75. The number of halogens is 1. The van der Waals surface area contributed by atoms with E-state index in [4.69, 9.17) is 4.74 Å². The van der Waals surface area contributed by atoms with Crippen LogP contribution in [0.15, 0.2) is 54.6 Å². The fraction of sp³-hybridized carbons (Fsp3) is 0.318. The molecule has 0 aromatic heterocycles. The summed E-state index contributed by atoms with van der Waals surface area (Å²) in [6.45, 7) is 1.13. The number of hydrogen-bond acceptors (Lipinski definition) is 4. The molecule has 2 rings (SSSR count). The van der Waals surface area contributed by atoms with Crippen LogP contribution >= 0.6 is 0 Å². The molecular weight excluding hydrogens is 389 g/mol. The van der Waals surface area contributed by atoms with Crippen molar-refractivity contribution in [1.29, 1.82) is 0 Å². The van der Waals surface area contributed by atoms with E-state index in [1.165, 1.54) is 12.1 Å². The molecule has 3 amide bonds. The van der Waals surface area contributed by atoms with Gasteiger partial charge < -0.3 is 20.7 Å². The smallest absolute Gasteiger partial charge is 0.407 e. The van der Waals surface area contributed by atoms with Crippen molar-refractivity contribution < 1.29 is 23.5 Å². The van der Waals surface area contributed by atoms with Crippen LogP contribution in [-0.4, -0.2) is 37.5 Å². The lowest BCUT2D eigenvalue weighted by atomic mass is 10.1. The van der Waals surface area contributed by atoms with Gasteiger partial charge >= 0.3 is 6.09 Å². The van der Waals surface area contributed by atoms with Gasteiger partial charge in [-0.05, 0) is 29.7 Å². The Morgan fingerprint density at radius 1 is 0.767 bits per heavy atom. The molecule has 0 saturated carbocycles. The molecule has 8 heteroatoms. The lowest BCUT2D eigenvalue weighted by Gasteiger charge is -2.08. The summed E-state index contributed by atoms with van der Waals surface area (Å²) in [5.41, 5.74) is 1.62. The third-order valence-electron chi connectivity index (χ3n) is 4.11. The van der Waals surface area contributed by atoms with E-state index in [2.05, 4.69) is 16.0 Å². The molecule has 0 atom stereocenters. The van der Waals surface area contributed by atoms with Gasteiger partial charge in [0.1, 0.15) is 12.4 Å². The first kappa shape index (κ1) is 22.9. The molecule has 0 heterocycles. The molecule has 0 spiro atoms. The summed E-state index contributed by atoms with van der Waals surface area (Å²) in [7, 11) is 0. The number of carbonyl (C=O) groups excluding carboxylic acids is 3. The molecule has 0 aliphatic heterocycles. The van der Waals surface area contributed by atoms with Crippen LogP contribution < -0.4 is 16.0 Å². The zero-order chi connectivity index (χ0) is 21.6. The van der Waals surface area contributed by atoms with Crippen LogP contribution in [-0.2, 0) is 27.4 Å². The minimum Gasteiger partial charge on any atom is -0.445 e. The number of ether oxygens (including phenoxy) is 1. The van der Waals surface area contributed by atoms with Crippen LogP contribution in [0.4, 0.5) is 9.18 Å². The summed E-state index contributed by atoms with van der Waals surface area (Å²) in [6, 6.07) is 15.1. The van der Waals surface area contributed by atoms with Crippen molar-refractivity contribution in [1.82, 2.24) is 16.0 Å². The summed E-state index contributed by atoms with van der Waals surface area (Å²) in [5.74, 6) is -0.711. The maximum absolute atomic E-state index is 12.8. The highest BCUT2D eigenvalue weighted by molar-refractivity contribution is 5.79. The third-order valence-corrected chi connectivity index (χ3v) is 4.11. The maximum atomic E-state index is 12.8. The summed E-state index contributed by atoms with van der Waals surface area (Å²) in [5, 5.41) is 7.98. The van der Waals surface area contributed by atoms with Gasteiger partial charge in [-0.15, -0.1) is 0 Å². The van der Waals surface area contributed by atoms with E-state index >= 15 is 0 Å². The van der Waals surface area contributed by atoms with Crippen LogP contribution in [0, 0.1) is 5.82 Å². The van der Waals surface area contributed by atoms with Gasteiger partial charge in [0.2, 0.25) is 11.8 Å². The first-order chi connectivity index (χ1) is 14.5. The van der Waals surface area contributed by atoms with Crippen molar-refractivity contribution in [2.75, 3.05) is 19.6 Å². The number of amides is 3. The van der Waals surface area contributed by atoms with Gasteiger partial charge in [-0.25, -0.2) is 9.18 Å². The molecule has 0 unspecified atom stereocenters. The Morgan fingerprint density at radius 3 is 2.13 bits per heavy atom. The van der Waals surface area contributed by atoms with Gasteiger partial charge in [0.25, 0.3) is 0 Å². The summed E-state index contributed by atoms with van der Waals surface area (Å²) >= 11 is 0. The molecule has 3 N–H and O–H groups in total. The molecule has 2 aromatic carbocycles. The van der Waals surface area contributed by atoms with Crippen molar-refractivity contribution in [3.05, 3.63) is 71.5 Å². The van der Waals surface area contributed by atoms with Crippen LogP contribution in [0.5, 0.6) is 0 Å². The predicted molar refractivity (Wildman–Crippen MR) is 110 cm³/mol. The molecule has 0 aliphatic rings. The summed E-state index contributed by atoms with van der Waals surface area (Å²) < 4.78 is 17.9. The molecule has 0 saturated heterocycles.